The maximum atomic E-state index is 13.6. The third-order valence-corrected chi connectivity index (χ3v) is 7.16. The molecule has 0 unspecified atom stereocenters. The largest absolute Gasteiger partial charge is 0.483 e. The highest BCUT2D eigenvalue weighted by Gasteiger charge is 2.17. The molecule has 0 atom stereocenters. The minimum Gasteiger partial charge on any atom is -0.483 e. The Kier molecular flexibility index (Phi) is 7.60. The lowest BCUT2D eigenvalue weighted by Crippen LogP contribution is -2.21. The second-order valence-electron chi connectivity index (χ2n) is 9.49. The van der Waals surface area contributed by atoms with Gasteiger partial charge in [0.15, 0.2) is 12.4 Å². The monoisotopic (exact) mass is 640 g/mol. The first-order chi connectivity index (χ1) is 20.3. The lowest BCUT2D eigenvalue weighted by atomic mass is 10.2. The van der Waals surface area contributed by atoms with Crippen molar-refractivity contribution in [3.63, 3.8) is 0 Å². The van der Waals surface area contributed by atoms with Gasteiger partial charge in [-0.25, -0.2) is 4.98 Å². The number of rotatable bonds is 7. The molecule has 0 fully saturated rings. The van der Waals surface area contributed by atoms with Gasteiger partial charge in [0.05, 0.1) is 17.1 Å². The standard InChI is InChI=1S/C32H22BrClN4O4/c1-19-6-10-24(11-7-19)36-30(39)18-41-27-12-8-22(33)14-21(27)17-35-38-31(37-26-5-3-2-4-25(26)32(38)40)29-16-20-15-23(34)9-13-28(20)42-29/h2-17H,18H2,1H3,(H,36,39). The van der Waals surface area contributed by atoms with E-state index in [4.69, 9.17) is 25.7 Å². The topological polar surface area (TPSA) is 98.7 Å². The molecule has 6 rings (SSSR count). The van der Waals surface area contributed by atoms with Gasteiger partial charge >= 0.3 is 0 Å². The Morgan fingerprint density at radius 1 is 1.07 bits per heavy atom. The number of nitrogens with one attached hydrogen (secondary N) is 1. The normalized spacial score (nSPS) is 11.4. The summed E-state index contributed by atoms with van der Waals surface area (Å²) in [5, 5.41) is 9.06. The quantitative estimate of drug-likeness (QED) is 0.183. The van der Waals surface area contributed by atoms with Gasteiger partial charge in [0.1, 0.15) is 11.3 Å². The van der Waals surface area contributed by atoms with Crippen LogP contribution in [-0.2, 0) is 4.79 Å². The van der Waals surface area contributed by atoms with Gasteiger partial charge in [-0.05, 0) is 73.7 Å². The Morgan fingerprint density at radius 2 is 1.88 bits per heavy atom. The number of carbonyl (C=O) groups is 1. The van der Waals surface area contributed by atoms with Crippen LogP contribution in [0.15, 0.2) is 110 Å². The first-order valence-electron chi connectivity index (χ1n) is 12.9. The van der Waals surface area contributed by atoms with Crippen LogP contribution in [0.2, 0.25) is 5.02 Å². The molecule has 6 aromatic rings. The molecule has 208 valence electrons. The lowest BCUT2D eigenvalue weighted by molar-refractivity contribution is -0.118. The fourth-order valence-corrected chi connectivity index (χ4v) is 4.92. The number of halogens is 2. The first-order valence-corrected chi connectivity index (χ1v) is 14.1. The number of furan rings is 1. The van der Waals surface area contributed by atoms with Gasteiger partial charge in [0.2, 0.25) is 5.82 Å². The summed E-state index contributed by atoms with van der Waals surface area (Å²) in [6.45, 7) is 1.75. The zero-order valence-electron chi connectivity index (χ0n) is 22.2. The van der Waals surface area contributed by atoms with Crippen molar-refractivity contribution in [2.45, 2.75) is 6.92 Å². The summed E-state index contributed by atoms with van der Waals surface area (Å²) in [5.74, 6) is 0.664. The van der Waals surface area contributed by atoms with Crippen molar-refractivity contribution >= 4 is 67.2 Å². The minimum atomic E-state index is -0.375. The number of anilines is 1. The van der Waals surface area contributed by atoms with Gasteiger partial charge in [0.25, 0.3) is 11.5 Å². The number of carbonyl (C=O) groups excluding carboxylic acids is 1. The maximum Gasteiger partial charge on any atom is 0.282 e. The highest BCUT2D eigenvalue weighted by atomic mass is 79.9. The second kappa shape index (κ2) is 11.6. The van der Waals surface area contributed by atoms with Crippen LogP contribution in [0.25, 0.3) is 33.5 Å². The molecular weight excluding hydrogens is 620 g/mol. The van der Waals surface area contributed by atoms with Crippen LogP contribution in [0, 0.1) is 6.92 Å². The van der Waals surface area contributed by atoms with Crippen molar-refractivity contribution in [1.82, 2.24) is 9.66 Å². The predicted molar refractivity (Wildman–Crippen MR) is 169 cm³/mol. The van der Waals surface area contributed by atoms with E-state index in [1.807, 2.05) is 37.3 Å². The van der Waals surface area contributed by atoms with Crippen molar-refractivity contribution in [1.29, 1.82) is 0 Å². The van der Waals surface area contributed by atoms with Gasteiger partial charge in [-0.2, -0.15) is 9.78 Å². The molecule has 0 bridgehead atoms. The SMILES string of the molecule is Cc1ccc(NC(=O)COc2ccc(Br)cc2C=Nn2c(-c3cc4cc(Cl)ccc4o3)nc3ccccc3c2=O)cc1. The molecule has 0 aliphatic carbocycles. The van der Waals surface area contributed by atoms with Crippen LogP contribution in [0.1, 0.15) is 11.1 Å². The second-order valence-corrected chi connectivity index (χ2v) is 10.8. The predicted octanol–water partition coefficient (Wildman–Crippen LogP) is 7.43. The summed E-state index contributed by atoms with van der Waals surface area (Å²) in [6.07, 6.45) is 1.48. The molecule has 0 aliphatic heterocycles. The Hall–Kier alpha value is -4.73. The molecule has 8 nitrogen and oxygen atoms in total. The third kappa shape index (κ3) is 5.83. The van der Waals surface area contributed by atoms with Crippen LogP contribution in [0.3, 0.4) is 0 Å². The smallest absolute Gasteiger partial charge is 0.282 e. The Labute approximate surface area is 253 Å². The molecular formula is C32H22BrClN4O4. The van der Waals surface area contributed by atoms with Crippen LogP contribution in [0.5, 0.6) is 5.75 Å². The average molecular weight is 642 g/mol. The summed E-state index contributed by atoms with van der Waals surface area (Å²) < 4.78 is 13.8. The number of hydrogen-bond acceptors (Lipinski definition) is 6. The molecule has 0 saturated heterocycles. The van der Waals surface area contributed by atoms with Crippen LogP contribution in [-0.4, -0.2) is 28.4 Å². The molecule has 0 aliphatic rings. The zero-order chi connectivity index (χ0) is 29.2. The fourth-order valence-electron chi connectivity index (χ4n) is 4.36. The van der Waals surface area contributed by atoms with E-state index in [-0.39, 0.29) is 23.9 Å². The van der Waals surface area contributed by atoms with Crippen LogP contribution < -0.4 is 15.6 Å². The van der Waals surface area contributed by atoms with Gasteiger partial charge in [-0.15, -0.1) is 0 Å². The molecule has 0 radical (unpaired) electrons. The number of amides is 1. The summed E-state index contributed by atoms with van der Waals surface area (Å²) in [5.41, 5.74) is 3.04. The van der Waals surface area contributed by atoms with Gasteiger partial charge < -0.3 is 14.5 Å². The highest BCUT2D eigenvalue weighted by molar-refractivity contribution is 9.10. The van der Waals surface area contributed by atoms with E-state index >= 15 is 0 Å². The number of nitrogens with zero attached hydrogens (tertiary/aromatic N) is 3. The van der Waals surface area contributed by atoms with Gasteiger partial charge in [-0.1, -0.05) is 57.4 Å². The average Bonchev–Trinajstić information content (AvgIpc) is 3.40. The fraction of sp³-hybridized carbons (Fsp3) is 0.0625. The van der Waals surface area contributed by atoms with Crippen molar-refractivity contribution in [2.24, 2.45) is 5.10 Å². The molecule has 42 heavy (non-hydrogen) atoms. The van der Waals surface area contributed by atoms with E-state index < -0.39 is 0 Å². The van der Waals surface area contributed by atoms with Crippen molar-refractivity contribution in [3.05, 3.63) is 122 Å². The van der Waals surface area contributed by atoms with Gasteiger partial charge in [-0.3, -0.25) is 9.59 Å². The van der Waals surface area contributed by atoms with E-state index in [1.165, 1.54) is 10.9 Å². The van der Waals surface area contributed by atoms with Crippen molar-refractivity contribution in [3.8, 4) is 17.3 Å². The first kappa shape index (κ1) is 27.4. The summed E-state index contributed by atoms with van der Waals surface area (Å²) in [4.78, 5) is 30.9. The number of fused-ring (bicyclic) bond motifs is 2. The Bertz CT molecular complexity index is 2050. The molecule has 1 N–H and O–H groups in total. The molecule has 1 amide bonds. The number of hydrogen-bond donors (Lipinski definition) is 1. The zero-order valence-corrected chi connectivity index (χ0v) is 24.5. The summed E-state index contributed by atoms with van der Waals surface area (Å²) in [6, 6.07) is 26.8. The van der Waals surface area contributed by atoms with E-state index in [1.54, 1.807) is 60.7 Å². The van der Waals surface area contributed by atoms with E-state index in [0.717, 1.165) is 15.4 Å². The number of aromatic nitrogens is 2. The number of para-hydroxylation sites is 1. The number of aryl methyl sites for hydroxylation is 1. The number of benzene rings is 4. The number of ether oxygens (including phenoxy) is 1. The molecule has 10 heteroatoms. The van der Waals surface area contributed by atoms with Crippen LogP contribution >= 0.6 is 27.5 Å². The van der Waals surface area contributed by atoms with Crippen molar-refractivity contribution in [2.75, 3.05) is 11.9 Å². The molecule has 4 aromatic carbocycles. The van der Waals surface area contributed by atoms with Gasteiger partial charge in [0, 0.05) is 26.1 Å². The van der Waals surface area contributed by atoms with Crippen LogP contribution in [0.4, 0.5) is 5.69 Å². The third-order valence-electron chi connectivity index (χ3n) is 6.43. The summed E-state index contributed by atoms with van der Waals surface area (Å²) in [7, 11) is 0. The lowest BCUT2D eigenvalue weighted by Gasteiger charge is -2.11. The Balaban J connectivity index is 1.35. The molecule has 0 saturated carbocycles. The van der Waals surface area contributed by atoms with E-state index in [0.29, 0.717) is 44.3 Å². The van der Waals surface area contributed by atoms with E-state index in [2.05, 4.69) is 26.3 Å². The minimum absolute atomic E-state index is 0.220. The Morgan fingerprint density at radius 3 is 2.71 bits per heavy atom. The maximum absolute atomic E-state index is 13.6. The molecule has 0 spiro atoms. The highest BCUT2D eigenvalue weighted by Crippen LogP contribution is 2.29. The molecule has 2 aromatic heterocycles. The van der Waals surface area contributed by atoms with Crippen molar-refractivity contribution < 1.29 is 13.9 Å². The molecule has 2 heterocycles. The summed E-state index contributed by atoms with van der Waals surface area (Å²) >= 11 is 9.64. The van der Waals surface area contributed by atoms with E-state index in [9.17, 15) is 9.59 Å².